The highest BCUT2D eigenvalue weighted by Gasteiger charge is 2.44. The van der Waals surface area contributed by atoms with E-state index in [4.69, 9.17) is 14.7 Å². The molecule has 2 aliphatic rings. The van der Waals surface area contributed by atoms with E-state index in [1.807, 2.05) is 0 Å². The zero-order valence-electron chi connectivity index (χ0n) is 18.8. The van der Waals surface area contributed by atoms with Crippen molar-refractivity contribution in [2.45, 2.75) is 69.5 Å². The summed E-state index contributed by atoms with van der Waals surface area (Å²) in [7, 11) is 0. The van der Waals surface area contributed by atoms with E-state index in [2.05, 4.69) is 26.3 Å². The number of nitrogens with zero attached hydrogens (tertiary/aromatic N) is 5. The van der Waals surface area contributed by atoms with Crippen molar-refractivity contribution in [3.63, 3.8) is 0 Å². The standard InChI is InChI=1S/C23H26N6O5/c1-12-17(30)18(31)21(34-12)29-19-16(28-22(29)27-15-7-23(2,32)8-15)20(26-11-25-19)33-10-14-5-3-13(9-24)4-6-14/h3-6,11-12,15,17-18,21,30-32H,7-8,10H2,1-2H3,(H,27,28)/t12-,15-,17-,18-,21-,23+/m1/s1. The van der Waals surface area contributed by atoms with Crippen LogP contribution in [0.5, 0.6) is 5.88 Å². The van der Waals surface area contributed by atoms with E-state index >= 15 is 0 Å². The summed E-state index contributed by atoms with van der Waals surface area (Å²) < 4.78 is 13.4. The van der Waals surface area contributed by atoms with E-state index in [0.717, 1.165) is 5.56 Å². The van der Waals surface area contributed by atoms with Crippen LogP contribution in [0.4, 0.5) is 5.95 Å². The maximum Gasteiger partial charge on any atom is 0.245 e. The summed E-state index contributed by atoms with van der Waals surface area (Å²) in [4.78, 5) is 13.3. The Balaban J connectivity index is 1.48. The Morgan fingerprint density at radius 3 is 2.59 bits per heavy atom. The summed E-state index contributed by atoms with van der Waals surface area (Å²) >= 11 is 0. The summed E-state index contributed by atoms with van der Waals surface area (Å²) in [6.07, 6.45) is -1.32. The first-order valence-corrected chi connectivity index (χ1v) is 11.1. The molecular weight excluding hydrogens is 440 g/mol. The van der Waals surface area contributed by atoms with Gasteiger partial charge in [0.05, 0.1) is 23.3 Å². The smallest absolute Gasteiger partial charge is 0.245 e. The Morgan fingerprint density at radius 2 is 1.97 bits per heavy atom. The molecule has 4 atom stereocenters. The maximum absolute atomic E-state index is 10.6. The van der Waals surface area contributed by atoms with Crippen molar-refractivity contribution in [3.8, 4) is 11.9 Å². The van der Waals surface area contributed by atoms with Gasteiger partial charge >= 0.3 is 0 Å². The normalized spacial score (nSPS) is 30.6. The van der Waals surface area contributed by atoms with E-state index < -0.39 is 30.1 Å². The summed E-state index contributed by atoms with van der Waals surface area (Å²) in [5, 5.41) is 43.3. The molecule has 5 rings (SSSR count). The molecule has 2 aromatic heterocycles. The van der Waals surface area contributed by atoms with Crippen molar-refractivity contribution in [1.29, 1.82) is 5.26 Å². The van der Waals surface area contributed by atoms with Crippen LogP contribution in [0.2, 0.25) is 0 Å². The summed E-state index contributed by atoms with van der Waals surface area (Å²) in [6.45, 7) is 3.66. The van der Waals surface area contributed by atoms with Gasteiger partial charge in [-0.25, -0.2) is 9.97 Å². The van der Waals surface area contributed by atoms with Gasteiger partial charge < -0.3 is 30.1 Å². The van der Waals surface area contributed by atoms with E-state index in [0.29, 0.717) is 35.5 Å². The first-order chi connectivity index (χ1) is 16.3. The SMILES string of the molecule is C[C@H]1O[C@@H](n2c(N[C@H]3C[C@@](C)(O)C3)nc3c(OCc4ccc(C#N)cc4)ncnc32)[C@H](O)[C@@H]1O. The number of imidazole rings is 1. The number of benzene rings is 1. The third-order valence-corrected chi connectivity index (χ3v) is 6.34. The Morgan fingerprint density at radius 1 is 1.24 bits per heavy atom. The van der Waals surface area contributed by atoms with Crippen LogP contribution in [-0.4, -0.2) is 64.8 Å². The van der Waals surface area contributed by atoms with Gasteiger partial charge in [0.2, 0.25) is 11.8 Å². The Bertz CT molecular complexity index is 1230. The zero-order valence-corrected chi connectivity index (χ0v) is 18.8. The number of nitrogens with one attached hydrogen (secondary N) is 1. The fraction of sp³-hybridized carbons (Fsp3) is 0.478. The summed E-state index contributed by atoms with van der Waals surface area (Å²) in [6, 6.07) is 9.08. The lowest BCUT2D eigenvalue weighted by molar-refractivity contribution is -0.0315. The average molecular weight is 466 g/mol. The molecule has 1 saturated heterocycles. The van der Waals surface area contributed by atoms with E-state index in [-0.39, 0.29) is 18.5 Å². The van der Waals surface area contributed by atoms with Crippen LogP contribution in [-0.2, 0) is 11.3 Å². The van der Waals surface area contributed by atoms with Crippen LogP contribution >= 0.6 is 0 Å². The number of aromatic nitrogens is 4. The van der Waals surface area contributed by atoms with E-state index in [9.17, 15) is 15.3 Å². The second kappa shape index (κ2) is 8.48. The molecule has 0 radical (unpaired) electrons. The highest BCUT2D eigenvalue weighted by molar-refractivity contribution is 5.79. The molecule has 2 fully saturated rings. The van der Waals surface area contributed by atoms with Crippen LogP contribution < -0.4 is 10.1 Å². The average Bonchev–Trinajstić information content (AvgIpc) is 3.28. The lowest BCUT2D eigenvalue weighted by Crippen LogP contribution is -2.48. The predicted octanol–water partition coefficient (Wildman–Crippen LogP) is 1.24. The third-order valence-electron chi connectivity index (χ3n) is 6.34. The topological polar surface area (TPSA) is 159 Å². The van der Waals surface area contributed by atoms with Crippen molar-refractivity contribution in [1.82, 2.24) is 19.5 Å². The third kappa shape index (κ3) is 4.05. The molecule has 178 valence electrons. The van der Waals surface area contributed by atoms with E-state index in [1.165, 1.54) is 6.33 Å². The minimum Gasteiger partial charge on any atom is -0.471 e. The van der Waals surface area contributed by atoms with Gasteiger partial charge in [0.15, 0.2) is 17.4 Å². The molecule has 1 aliphatic heterocycles. The predicted molar refractivity (Wildman–Crippen MR) is 120 cm³/mol. The molecule has 0 bridgehead atoms. The summed E-state index contributed by atoms with van der Waals surface area (Å²) in [5.74, 6) is 0.627. The van der Waals surface area contributed by atoms with Gasteiger partial charge in [-0.15, -0.1) is 0 Å². The number of ether oxygens (including phenoxy) is 2. The van der Waals surface area contributed by atoms with Crippen LogP contribution in [0, 0.1) is 11.3 Å². The lowest BCUT2D eigenvalue weighted by Gasteiger charge is -2.41. The molecule has 3 aromatic rings. The van der Waals surface area contributed by atoms with Crippen molar-refractivity contribution in [3.05, 3.63) is 41.7 Å². The number of hydrogen-bond acceptors (Lipinski definition) is 10. The van der Waals surface area contributed by atoms with Crippen molar-refractivity contribution in [2.75, 3.05) is 5.32 Å². The van der Waals surface area contributed by atoms with Crippen LogP contribution in [0.3, 0.4) is 0 Å². The number of hydrogen-bond donors (Lipinski definition) is 4. The van der Waals surface area contributed by atoms with Gasteiger partial charge in [-0.05, 0) is 44.4 Å². The highest BCUT2D eigenvalue weighted by Crippen LogP contribution is 2.38. The van der Waals surface area contributed by atoms with Crippen LogP contribution in [0.1, 0.15) is 44.0 Å². The quantitative estimate of drug-likeness (QED) is 0.416. The molecule has 4 N–H and O–H groups in total. The van der Waals surface area contributed by atoms with Crippen molar-refractivity contribution in [2.24, 2.45) is 0 Å². The van der Waals surface area contributed by atoms with Gasteiger partial charge in [-0.1, -0.05) is 12.1 Å². The Kier molecular flexibility index (Phi) is 5.61. The number of anilines is 1. The fourth-order valence-corrected chi connectivity index (χ4v) is 4.49. The molecule has 1 aromatic carbocycles. The molecule has 1 saturated carbocycles. The second-order valence-electron chi connectivity index (χ2n) is 9.21. The molecule has 1 aliphatic carbocycles. The molecule has 3 heterocycles. The lowest BCUT2D eigenvalue weighted by atomic mass is 9.77. The molecule has 0 amide bonds. The molecule has 34 heavy (non-hydrogen) atoms. The number of nitriles is 1. The minimum atomic E-state index is -1.18. The second-order valence-corrected chi connectivity index (χ2v) is 9.21. The number of rotatable bonds is 6. The number of aliphatic hydroxyl groups excluding tert-OH is 2. The van der Waals surface area contributed by atoms with Crippen LogP contribution in [0.25, 0.3) is 11.2 Å². The number of fused-ring (bicyclic) bond motifs is 1. The van der Waals surface area contributed by atoms with E-state index in [1.54, 1.807) is 42.7 Å². The molecule has 0 spiro atoms. The largest absolute Gasteiger partial charge is 0.471 e. The molecular formula is C23H26N6O5. The molecule has 11 heteroatoms. The molecule has 11 nitrogen and oxygen atoms in total. The zero-order chi connectivity index (χ0) is 24.0. The fourth-order valence-electron chi connectivity index (χ4n) is 4.49. The maximum atomic E-state index is 10.6. The summed E-state index contributed by atoms with van der Waals surface area (Å²) in [5.41, 5.74) is 1.42. The first kappa shape index (κ1) is 22.5. The molecule has 0 unspecified atom stereocenters. The van der Waals surface area contributed by atoms with Gasteiger partial charge in [0.1, 0.15) is 25.1 Å². The van der Waals surface area contributed by atoms with Gasteiger partial charge in [-0.2, -0.15) is 10.2 Å². The first-order valence-electron chi connectivity index (χ1n) is 11.1. The minimum absolute atomic E-state index is 0.0255. The Hall–Kier alpha value is -3.30. The Labute approximate surface area is 195 Å². The number of aliphatic hydroxyl groups is 3. The van der Waals surface area contributed by atoms with Gasteiger partial charge in [0.25, 0.3) is 0 Å². The van der Waals surface area contributed by atoms with Crippen molar-refractivity contribution < 1.29 is 24.8 Å². The van der Waals surface area contributed by atoms with Crippen LogP contribution in [0.15, 0.2) is 30.6 Å². The van der Waals surface area contributed by atoms with Gasteiger partial charge in [-0.3, -0.25) is 4.57 Å². The highest BCUT2D eigenvalue weighted by atomic mass is 16.6. The van der Waals surface area contributed by atoms with Gasteiger partial charge in [0, 0.05) is 6.04 Å². The van der Waals surface area contributed by atoms with Crippen molar-refractivity contribution >= 4 is 17.1 Å². The monoisotopic (exact) mass is 466 g/mol.